The third-order valence-corrected chi connectivity index (χ3v) is 4.05. The summed E-state index contributed by atoms with van der Waals surface area (Å²) in [6, 6.07) is 13.5. The van der Waals surface area contributed by atoms with E-state index in [2.05, 4.69) is 5.10 Å². The van der Waals surface area contributed by atoms with E-state index in [1.807, 2.05) is 49.5 Å². The molecule has 2 aromatic carbocycles. The van der Waals surface area contributed by atoms with Gasteiger partial charge in [-0.25, -0.2) is 4.68 Å². The van der Waals surface area contributed by atoms with Crippen molar-refractivity contribution in [1.29, 1.82) is 0 Å². The van der Waals surface area contributed by atoms with Gasteiger partial charge in [-0.05, 0) is 24.3 Å². The molecule has 1 aliphatic heterocycles. The van der Waals surface area contributed by atoms with Crippen LogP contribution in [0.5, 0.6) is 5.75 Å². The Kier molecular flexibility index (Phi) is 2.69. The summed E-state index contributed by atoms with van der Waals surface area (Å²) >= 11 is 0. The molecule has 0 saturated heterocycles. The summed E-state index contributed by atoms with van der Waals surface area (Å²) < 4.78 is 7.05. The third-order valence-electron chi connectivity index (χ3n) is 4.05. The molecule has 0 unspecified atom stereocenters. The topological polar surface area (TPSA) is 47.4 Å². The number of nitrogens with zero attached hydrogens (tertiary/aromatic N) is 3. The smallest absolute Gasteiger partial charge is 0.273 e. The van der Waals surface area contributed by atoms with Gasteiger partial charge >= 0.3 is 0 Å². The fourth-order valence-electron chi connectivity index (χ4n) is 2.94. The van der Waals surface area contributed by atoms with Crippen LogP contribution in [0.15, 0.2) is 42.5 Å². The molecular formula is C17H15N3O2. The van der Waals surface area contributed by atoms with E-state index < -0.39 is 0 Å². The molecule has 5 heteroatoms. The summed E-state index contributed by atoms with van der Waals surface area (Å²) in [5.74, 6) is 0.753. The Morgan fingerprint density at radius 1 is 1.18 bits per heavy atom. The Labute approximate surface area is 127 Å². The monoisotopic (exact) mass is 293 g/mol. The molecule has 0 saturated carbocycles. The van der Waals surface area contributed by atoms with Crippen LogP contribution in [0.25, 0.3) is 16.6 Å². The van der Waals surface area contributed by atoms with Gasteiger partial charge in [-0.1, -0.05) is 18.2 Å². The maximum atomic E-state index is 12.8. The molecule has 0 fully saturated rings. The van der Waals surface area contributed by atoms with Gasteiger partial charge in [-0.3, -0.25) is 4.79 Å². The van der Waals surface area contributed by atoms with E-state index in [4.69, 9.17) is 4.74 Å². The number of carbonyl (C=O) groups excluding carboxylic acids is 1. The van der Waals surface area contributed by atoms with Gasteiger partial charge in [0.1, 0.15) is 11.4 Å². The average molecular weight is 293 g/mol. The molecule has 4 rings (SSSR count). The number of rotatable bonds is 1. The largest absolute Gasteiger partial charge is 0.497 e. The SMILES string of the molecule is COc1ccc2c(c1)CN(C)C(=O)c1c3ccccc3nn1-2. The number of amides is 1. The van der Waals surface area contributed by atoms with Gasteiger partial charge in [-0.15, -0.1) is 0 Å². The molecule has 22 heavy (non-hydrogen) atoms. The fraction of sp³-hybridized carbons (Fsp3) is 0.176. The molecule has 1 aromatic heterocycles. The Balaban J connectivity index is 2.07. The molecule has 1 aliphatic rings. The third kappa shape index (κ3) is 1.72. The number of fused-ring (bicyclic) bond motifs is 5. The van der Waals surface area contributed by atoms with E-state index in [-0.39, 0.29) is 5.91 Å². The number of aromatic nitrogens is 2. The minimum Gasteiger partial charge on any atom is -0.497 e. The van der Waals surface area contributed by atoms with Crippen LogP contribution in [-0.2, 0) is 6.54 Å². The van der Waals surface area contributed by atoms with Crippen molar-refractivity contribution in [2.24, 2.45) is 0 Å². The second kappa shape index (κ2) is 4.59. The van der Waals surface area contributed by atoms with E-state index in [1.54, 1.807) is 16.7 Å². The Morgan fingerprint density at radius 2 is 2.00 bits per heavy atom. The zero-order chi connectivity index (χ0) is 15.3. The van der Waals surface area contributed by atoms with Crippen molar-refractivity contribution in [2.45, 2.75) is 6.54 Å². The van der Waals surface area contributed by atoms with Crippen LogP contribution in [0.2, 0.25) is 0 Å². The number of ether oxygens (including phenoxy) is 1. The Bertz CT molecular complexity index is 898. The van der Waals surface area contributed by atoms with Crippen LogP contribution in [0.3, 0.4) is 0 Å². The van der Waals surface area contributed by atoms with Gasteiger partial charge in [0.15, 0.2) is 0 Å². The lowest BCUT2D eigenvalue weighted by molar-refractivity contribution is 0.0783. The van der Waals surface area contributed by atoms with Crippen molar-refractivity contribution >= 4 is 16.8 Å². The Hall–Kier alpha value is -2.82. The van der Waals surface area contributed by atoms with E-state index in [1.165, 1.54) is 0 Å². The summed E-state index contributed by atoms with van der Waals surface area (Å²) in [7, 11) is 3.45. The zero-order valence-corrected chi connectivity index (χ0v) is 12.4. The second-order valence-corrected chi connectivity index (χ2v) is 5.43. The first-order chi connectivity index (χ1) is 10.7. The van der Waals surface area contributed by atoms with Crippen LogP contribution >= 0.6 is 0 Å². The van der Waals surface area contributed by atoms with Gasteiger partial charge in [0.2, 0.25) is 0 Å². The maximum absolute atomic E-state index is 12.8. The summed E-state index contributed by atoms with van der Waals surface area (Å²) in [5.41, 5.74) is 3.37. The van der Waals surface area contributed by atoms with Gasteiger partial charge < -0.3 is 9.64 Å². The Morgan fingerprint density at radius 3 is 2.82 bits per heavy atom. The first-order valence-corrected chi connectivity index (χ1v) is 7.09. The van der Waals surface area contributed by atoms with Crippen molar-refractivity contribution in [3.05, 3.63) is 53.7 Å². The summed E-state index contributed by atoms with van der Waals surface area (Å²) in [6.45, 7) is 0.531. The molecule has 0 atom stereocenters. The molecule has 0 N–H and O–H groups in total. The molecule has 1 amide bonds. The van der Waals surface area contributed by atoms with Gasteiger partial charge in [0, 0.05) is 24.5 Å². The molecule has 0 spiro atoms. The predicted octanol–water partition coefficient (Wildman–Crippen LogP) is 2.62. The highest BCUT2D eigenvalue weighted by atomic mass is 16.5. The van der Waals surface area contributed by atoms with Crippen LogP contribution in [-0.4, -0.2) is 34.7 Å². The molecule has 5 nitrogen and oxygen atoms in total. The van der Waals surface area contributed by atoms with Crippen molar-refractivity contribution in [2.75, 3.05) is 14.2 Å². The highest BCUT2D eigenvalue weighted by Gasteiger charge is 2.27. The van der Waals surface area contributed by atoms with Crippen molar-refractivity contribution < 1.29 is 9.53 Å². The molecule has 0 radical (unpaired) electrons. The van der Waals surface area contributed by atoms with E-state index in [0.717, 1.165) is 27.9 Å². The second-order valence-electron chi connectivity index (χ2n) is 5.43. The first-order valence-electron chi connectivity index (χ1n) is 7.09. The quantitative estimate of drug-likeness (QED) is 0.693. The van der Waals surface area contributed by atoms with Crippen molar-refractivity contribution in [3.8, 4) is 11.4 Å². The van der Waals surface area contributed by atoms with Crippen molar-refractivity contribution in [1.82, 2.24) is 14.7 Å². The number of benzene rings is 2. The molecule has 2 heterocycles. The highest BCUT2D eigenvalue weighted by Crippen LogP contribution is 2.30. The zero-order valence-electron chi connectivity index (χ0n) is 12.4. The molecule has 0 aliphatic carbocycles. The molecular weight excluding hydrogens is 278 g/mol. The standard InChI is InChI=1S/C17H15N3O2/c1-19-10-11-9-12(22-2)7-8-15(11)20-16(17(19)21)13-5-3-4-6-14(13)18-20/h3-9H,10H2,1-2H3. The van der Waals surface area contributed by atoms with Crippen molar-refractivity contribution in [3.63, 3.8) is 0 Å². The van der Waals surface area contributed by atoms with Crippen LogP contribution in [0.4, 0.5) is 0 Å². The molecule has 110 valence electrons. The van der Waals surface area contributed by atoms with Crippen LogP contribution in [0, 0.1) is 0 Å². The van der Waals surface area contributed by atoms with Gasteiger partial charge in [-0.2, -0.15) is 5.10 Å². The number of methoxy groups -OCH3 is 1. The summed E-state index contributed by atoms with van der Waals surface area (Å²) in [4.78, 5) is 14.5. The lowest BCUT2D eigenvalue weighted by atomic mass is 10.1. The van der Waals surface area contributed by atoms with E-state index in [9.17, 15) is 4.79 Å². The van der Waals surface area contributed by atoms with Gasteiger partial charge in [0.05, 0.1) is 18.3 Å². The van der Waals surface area contributed by atoms with E-state index in [0.29, 0.717) is 12.2 Å². The summed E-state index contributed by atoms with van der Waals surface area (Å²) in [5, 5.41) is 5.50. The predicted molar refractivity (Wildman–Crippen MR) is 83.4 cm³/mol. The number of carbonyl (C=O) groups is 1. The van der Waals surface area contributed by atoms with E-state index >= 15 is 0 Å². The lowest BCUT2D eigenvalue weighted by Gasteiger charge is -2.14. The van der Waals surface area contributed by atoms with Gasteiger partial charge in [0.25, 0.3) is 5.91 Å². The number of hydrogen-bond donors (Lipinski definition) is 0. The minimum absolute atomic E-state index is 0.0242. The first kappa shape index (κ1) is 12.9. The highest BCUT2D eigenvalue weighted by molar-refractivity contribution is 6.05. The van der Waals surface area contributed by atoms with Crippen LogP contribution in [0.1, 0.15) is 16.1 Å². The van der Waals surface area contributed by atoms with Crippen LogP contribution < -0.4 is 4.74 Å². The molecule has 0 bridgehead atoms. The average Bonchev–Trinajstić information content (AvgIpc) is 2.88. The minimum atomic E-state index is -0.0242. The normalized spacial score (nSPS) is 13.7. The maximum Gasteiger partial charge on any atom is 0.273 e. The molecule has 3 aromatic rings. The fourth-order valence-corrected chi connectivity index (χ4v) is 2.94. The summed E-state index contributed by atoms with van der Waals surface area (Å²) in [6.07, 6.45) is 0. The lowest BCUT2D eigenvalue weighted by Crippen LogP contribution is -2.25. The number of hydrogen-bond acceptors (Lipinski definition) is 3.